The van der Waals surface area contributed by atoms with E-state index in [1.165, 1.54) is 0 Å². The molecule has 0 amide bonds. The van der Waals surface area contributed by atoms with E-state index >= 15 is 0 Å². The largest absolute Gasteiger partial charge is 0.493 e. The molecule has 1 heterocycles. The predicted molar refractivity (Wildman–Crippen MR) is 128 cm³/mol. The Kier molecular flexibility index (Phi) is 6.89. The van der Waals surface area contributed by atoms with Crippen molar-refractivity contribution in [2.75, 3.05) is 6.61 Å². The smallest absolute Gasteiger partial charge is 0.311 e. The van der Waals surface area contributed by atoms with Crippen LogP contribution in [0, 0.1) is 13.8 Å². The lowest BCUT2D eigenvalue weighted by Gasteiger charge is -2.14. The van der Waals surface area contributed by atoms with Gasteiger partial charge in [0.05, 0.1) is 18.2 Å². The highest BCUT2D eigenvalue weighted by Gasteiger charge is 2.20. The molecule has 5 nitrogen and oxygen atoms in total. The van der Waals surface area contributed by atoms with Gasteiger partial charge in [-0.25, -0.2) is 4.98 Å². The minimum atomic E-state index is -0.822. The van der Waals surface area contributed by atoms with Crippen molar-refractivity contribution in [3.63, 3.8) is 0 Å². The Morgan fingerprint density at radius 1 is 0.970 bits per heavy atom. The second kappa shape index (κ2) is 10.2. The van der Waals surface area contributed by atoms with Gasteiger partial charge in [-0.1, -0.05) is 60.2 Å². The van der Waals surface area contributed by atoms with Gasteiger partial charge >= 0.3 is 5.97 Å². The third-order valence-corrected chi connectivity index (χ3v) is 5.66. The van der Waals surface area contributed by atoms with Gasteiger partial charge in [0, 0.05) is 12.0 Å². The molecule has 0 saturated heterocycles. The Balaban J connectivity index is 1.34. The number of benzene rings is 3. The van der Waals surface area contributed by atoms with Crippen LogP contribution in [-0.2, 0) is 17.6 Å². The SMILES string of the molecule is Cc1ccc(C(Cc2ccc(OCCc3nc(-c4ccccc4)oc3C)cc2)C(=O)O)cc1. The number of hydrogen-bond donors (Lipinski definition) is 1. The van der Waals surface area contributed by atoms with Crippen molar-refractivity contribution in [3.05, 3.63) is 107 Å². The Labute approximate surface area is 193 Å². The maximum atomic E-state index is 11.8. The molecule has 0 fully saturated rings. The summed E-state index contributed by atoms with van der Waals surface area (Å²) in [7, 11) is 0. The molecular formula is C28H27NO4. The summed E-state index contributed by atoms with van der Waals surface area (Å²) in [5.74, 6) is 0.756. The highest BCUT2D eigenvalue weighted by atomic mass is 16.5. The highest BCUT2D eigenvalue weighted by molar-refractivity contribution is 5.76. The molecule has 0 aliphatic carbocycles. The summed E-state index contributed by atoms with van der Waals surface area (Å²) in [5.41, 5.74) is 4.71. The van der Waals surface area contributed by atoms with E-state index in [1.54, 1.807) is 0 Å². The monoisotopic (exact) mass is 441 g/mol. The summed E-state index contributed by atoms with van der Waals surface area (Å²) in [4.78, 5) is 16.4. The Morgan fingerprint density at radius 2 is 1.67 bits per heavy atom. The number of hydrogen-bond acceptors (Lipinski definition) is 4. The molecule has 1 unspecified atom stereocenters. The van der Waals surface area contributed by atoms with Crippen molar-refractivity contribution >= 4 is 5.97 Å². The predicted octanol–water partition coefficient (Wildman–Crippen LogP) is 5.99. The van der Waals surface area contributed by atoms with Crippen molar-refractivity contribution in [1.82, 2.24) is 4.98 Å². The van der Waals surface area contributed by atoms with E-state index in [0.29, 0.717) is 25.3 Å². The van der Waals surface area contributed by atoms with Crippen molar-refractivity contribution in [3.8, 4) is 17.2 Å². The molecule has 1 atom stereocenters. The summed E-state index contributed by atoms with van der Waals surface area (Å²) >= 11 is 0. The van der Waals surface area contributed by atoms with Gasteiger partial charge in [-0.05, 0) is 55.7 Å². The lowest BCUT2D eigenvalue weighted by Crippen LogP contribution is -2.14. The van der Waals surface area contributed by atoms with Crippen LogP contribution in [0.25, 0.3) is 11.5 Å². The van der Waals surface area contributed by atoms with E-state index in [0.717, 1.165) is 39.5 Å². The fraction of sp³-hybridized carbons (Fsp3) is 0.214. The first-order valence-electron chi connectivity index (χ1n) is 11.0. The zero-order valence-corrected chi connectivity index (χ0v) is 18.8. The second-order valence-electron chi connectivity index (χ2n) is 8.14. The number of rotatable bonds is 9. The van der Waals surface area contributed by atoms with Gasteiger partial charge < -0.3 is 14.3 Å². The van der Waals surface area contributed by atoms with E-state index in [2.05, 4.69) is 4.98 Å². The fourth-order valence-electron chi connectivity index (χ4n) is 3.73. The minimum Gasteiger partial charge on any atom is -0.493 e. The average Bonchev–Trinajstić information content (AvgIpc) is 3.20. The van der Waals surface area contributed by atoms with Crippen molar-refractivity contribution in [2.24, 2.45) is 0 Å². The first-order valence-corrected chi connectivity index (χ1v) is 11.0. The van der Waals surface area contributed by atoms with Gasteiger partial charge in [0.1, 0.15) is 11.5 Å². The molecule has 4 rings (SSSR count). The van der Waals surface area contributed by atoms with Crippen LogP contribution in [0.15, 0.2) is 83.3 Å². The molecule has 33 heavy (non-hydrogen) atoms. The Bertz CT molecular complexity index is 1200. The third kappa shape index (κ3) is 5.69. The molecule has 3 aromatic carbocycles. The minimum absolute atomic E-state index is 0.430. The normalized spacial score (nSPS) is 11.8. The van der Waals surface area contributed by atoms with Crippen LogP contribution in [0.1, 0.15) is 34.1 Å². The average molecular weight is 442 g/mol. The van der Waals surface area contributed by atoms with Crippen molar-refractivity contribution in [2.45, 2.75) is 32.6 Å². The quantitative estimate of drug-likeness (QED) is 0.345. The molecule has 0 aliphatic heterocycles. The molecule has 0 aliphatic rings. The van der Waals surface area contributed by atoms with Gasteiger partial charge in [0.2, 0.25) is 5.89 Å². The second-order valence-corrected chi connectivity index (χ2v) is 8.14. The van der Waals surface area contributed by atoms with Crippen LogP contribution in [0.2, 0.25) is 0 Å². The summed E-state index contributed by atoms with van der Waals surface area (Å²) in [6.45, 7) is 4.38. The lowest BCUT2D eigenvalue weighted by molar-refractivity contribution is -0.138. The summed E-state index contributed by atoms with van der Waals surface area (Å²) in [6.07, 6.45) is 1.07. The van der Waals surface area contributed by atoms with Crippen LogP contribution in [0.3, 0.4) is 0 Å². The van der Waals surface area contributed by atoms with Gasteiger partial charge in [-0.15, -0.1) is 0 Å². The third-order valence-electron chi connectivity index (χ3n) is 5.66. The van der Waals surface area contributed by atoms with Crippen LogP contribution in [0.4, 0.5) is 0 Å². The van der Waals surface area contributed by atoms with E-state index in [-0.39, 0.29) is 0 Å². The molecule has 0 spiro atoms. The number of aliphatic carboxylic acids is 1. The number of carboxylic acids is 1. The molecule has 0 radical (unpaired) electrons. The summed E-state index contributed by atoms with van der Waals surface area (Å²) in [5, 5.41) is 9.69. The molecule has 4 aromatic rings. The van der Waals surface area contributed by atoms with Crippen molar-refractivity contribution < 1.29 is 19.1 Å². The van der Waals surface area contributed by atoms with E-state index in [4.69, 9.17) is 9.15 Å². The number of carbonyl (C=O) groups is 1. The van der Waals surface area contributed by atoms with Gasteiger partial charge in [0.25, 0.3) is 0 Å². The van der Waals surface area contributed by atoms with Gasteiger partial charge in [0.15, 0.2) is 0 Å². The number of oxazole rings is 1. The van der Waals surface area contributed by atoms with Gasteiger partial charge in [-0.2, -0.15) is 0 Å². The number of nitrogens with zero attached hydrogens (tertiary/aromatic N) is 1. The van der Waals surface area contributed by atoms with Crippen LogP contribution >= 0.6 is 0 Å². The highest BCUT2D eigenvalue weighted by Crippen LogP contribution is 2.24. The van der Waals surface area contributed by atoms with Crippen LogP contribution < -0.4 is 4.74 Å². The maximum Gasteiger partial charge on any atom is 0.311 e. The van der Waals surface area contributed by atoms with Crippen LogP contribution in [0.5, 0.6) is 5.75 Å². The van der Waals surface area contributed by atoms with Gasteiger partial charge in [-0.3, -0.25) is 4.79 Å². The molecule has 168 valence electrons. The Morgan fingerprint density at radius 3 is 2.33 bits per heavy atom. The lowest BCUT2D eigenvalue weighted by atomic mass is 9.91. The van der Waals surface area contributed by atoms with E-state index in [9.17, 15) is 9.90 Å². The number of carboxylic acid groups (broad SMARTS) is 1. The molecule has 5 heteroatoms. The molecule has 1 N–H and O–H groups in total. The fourth-order valence-corrected chi connectivity index (χ4v) is 3.73. The topological polar surface area (TPSA) is 72.6 Å². The first kappa shape index (κ1) is 22.3. The standard InChI is InChI=1S/C28H27NO4/c1-19-8-12-22(13-9-19)25(28(30)31)18-21-10-14-24(15-11-21)32-17-16-26-20(2)33-27(29-26)23-6-4-3-5-7-23/h3-15,25H,16-18H2,1-2H3,(H,30,31). The van der Waals surface area contributed by atoms with E-state index < -0.39 is 11.9 Å². The molecular weight excluding hydrogens is 414 g/mol. The first-order chi connectivity index (χ1) is 16.0. The summed E-state index contributed by atoms with van der Waals surface area (Å²) in [6, 6.07) is 25.1. The number of aryl methyl sites for hydroxylation is 2. The van der Waals surface area contributed by atoms with Crippen LogP contribution in [-0.4, -0.2) is 22.7 Å². The number of aromatic nitrogens is 1. The molecule has 0 saturated carbocycles. The molecule has 1 aromatic heterocycles. The molecule has 0 bridgehead atoms. The zero-order valence-electron chi connectivity index (χ0n) is 18.8. The Hall–Kier alpha value is -3.86. The van der Waals surface area contributed by atoms with Crippen molar-refractivity contribution in [1.29, 1.82) is 0 Å². The summed E-state index contributed by atoms with van der Waals surface area (Å²) < 4.78 is 11.7. The maximum absolute atomic E-state index is 11.8. The zero-order chi connectivity index (χ0) is 23.2. The number of ether oxygens (including phenoxy) is 1. The van der Waals surface area contributed by atoms with E-state index in [1.807, 2.05) is 92.7 Å².